The minimum atomic E-state index is -0.614. The van der Waals surface area contributed by atoms with Crippen LogP contribution in [0.1, 0.15) is 43.9 Å². The van der Waals surface area contributed by atoms with Gasteiger partial charge in [-0.2, -0.15) is 0 Å². The highest BCUT2D eigenvalue weighted by molar-refractivity contribution is 5.92. The van der Waals surface area contributed by atoms with Crippen molar-refractivity contribution in [2.75, 3.05) is 11.6 Å². The van der Waals surface area contributed by atoms with Gasteiger partial charge in [-0.3, -0.25) is 5.32 Å². The second-order valence-corrected chi connectivity index (χ2v) is 5.83. The fourth-order valence-corrected chi connectivity index (χ4v) is 3.61. The number of nitrogens with zero attached hydrogens (tertiary/aromatic N) is 2. The number of aliphatic hydroxyl groups is 1. The lowest BCUT2D eigenvalue weighted by Gasteiger charge is -2.41. The predicted molar refractivity (Wildman–Crippen MR) is 78.4 cm³/mol. The zero-order valence-corrected chi connectivity index (χ0v) is 11.5. The van der Waals surface area contributed by atoms with Gasteiger partial charge in [-0.1, -0.05) is 19.3 Å². The van der Waals surface area contributed by atoms with E-state index in [9.17, 15) is 5.11 Å². The molecule has 5 nitrogen and oxygen atoms in total. The Hall–Kier alpha value is -1.59. The summed E-state index contributed by atoms with van der Waals surface area (Å²) in [6.45, 7) is 0.711. The summed E-state index contributed by atoms with van der Waals surface area (Å²) in [6.07, 6.45) is 9.55. The fraction of sp³-hybridized carbons (Fsp3) is 0.533. The highest BCUT2D eigenvalue weighted by atomic mass is 16.3. The van der Waals surface area contributed by atoms with Crippen molar-refractivity contribution in [3.63, 3.8) is 0 Å². The molecule has 1 fully saturated rings. The van der Waals surface area contributed by atoms with Gasteiger partial charge in [0.25, 0.3) is 0 Å². The largest absolute Gasteiger partial charge is 0.374 e. The van der Waals surface area contributed by atoms with Crippen molar-refractivity contribution >= 4 is 16.7 Å². The summed E-state index contributed by atoms with van der Waals surface area (Å²) in [6, 6.07) is 2.64. The molecule has 106 valence electrons. The molecular weight excluding hydrogens is 252 g/mol. The zero-order valence-electron chi connectivity index (χ0n) is 11.5. The van der Waals surface area contributed by atoms with Crippen LogP contribution >= 0.6 is 0 Å². The van der Waals surface area contributed by atoms with Crippen LogP contribution in [0.25, 0.3) is 11.0 Å². The molecule has 0 amide bonds. The Balaban J connectivity index is 1.83. The van der Waals surface area contributed by atoms with E-state index in [0.717, 1.165) is 22.3 Å². The van der Waals surface area contributed by atoms with Crippen LogP contribution in [0.15, 0.2) is 18.5 Å². The quantitative estimate of drug-likeness (QED) is 0.745. The second-order valence-electron chi connectivity index (χ2n) is 5.83. The maximum atomic E-state index is 10.2. The van der Waals surface area contributed by atoms with E-state index in [2.05, 4.69) is 26.3 Å². The predicted octanol–water partition coefficient (Wildman–Crippen LogP) is 2.25. The number of pyridine rings is 1. The lowest BCUT2D eigenvalue weighted by atomic mass is 9.93. The molecule has 5 heteroatoms. The molecule has 1 atom stereocenters. The van der Waals surface area contributed by atoms with E-state index in [1.165, 1.54) is 32.1 Å². The maximum absolute atomic E-state index is 10.2. The van der Waals surface area contributed by atoms with Gasteiger partial charge in [-0.25, -0.2) is 4.98 Å². The molecule has 3 heterocycles. The lowest BCUT2D eigenvalue weighted by Crippen LogP contribution is -2.48. The number of hydrogen-bond donors (Lipinski definition) is 3. The molecular formula is C15H20N4O. The van der Waals surface area contributed by atoms with Gasteiger partial charge in [0.1, 0.15) is 11.9 Å². The van der Waals surface area contributed by atoms with Crippen LogP contribution in [0.2, 0.25) is 0 Å². The van der Waals surface area contributed by atoms with Crippen molar-refractivity contribution in [2.24, 2.45) is 0 Å². The third-order valence-corrected chi connectivity index (χ3v) is 4.64. The fourth-order valence-electron chi connectivity index (χ4n) is 3.61. The third kappa shape index (κ3) is 1.81. The van der Waals surface area contributed by atoms with E-state index in [1.807, 2.05) is 6.20 Å². The van der Waals surface area contributed by atoms with E-state index in [1.54, 1.807) is 6.20 Å². The molecule has 1 aliphatic carbocycles. The molecule has 2 aliphatic rings. The van der Waals surface area contributed by atoms with Gasteiger partial charge < -0.3 is 15.0 Å². The minimum Gasteiger partial charge on any atom is -0.374 e. The van der Waals surface area contributed by atoms with Crippen molar-refractivity contribution in [1.29, 1.82) is 0 Å². The zero-order chi connectivity index (χ0) is 13.5. The Labute approximate surface area is 118 Å². The van der Waals surface area contributed by atoms with E-state index >= 15 is 0 Å². The van der Waals surface area contributed by atoms with Crippen LogP contribution in [0.3, 0.4) is 0 Å². The molecule has 0 aromatic carbocycles. The minimum absolute atomic E-state index is 0.572. The molecule has 0 radical (unpaired) electrons. The Morgan fingerprint density at radius 1 is 1.25 bits per heavy atom. The Bertz CT molecular complexity index is 617. The first-order chi connectivity index (χ1) is 9.84. The Morgan fingerprint density at radius 2 is 2.10 bits per heavy atom. The highest BCUT2D eigenvalue weighted by Gasteiger charge is 2.31. The summed E-state index contributed by atoms with van der Waals surface area (Å²) in [5.74, 6) is 0. The summed E-state index contributed by atoms with van der Waals surface area (Å²) in [4.78, 5) is 10.0. The average Bonchev–Trinajstić information content (AvgIpc) is 2.97. The molecule has 1 aliphatic heterocycles. The molecule has 1 unspecified atom stereocenters. The van der Waals surface area contributed by atoms with Crippen molar-refractivity contribution < 1.29 is 5.11 Å². The van der Waals surface area contributed by atoms with Gasteiger partial charge in [0.15, 0.2) is 0 Å². The highest BCUT2D eigenvalue weighted by Crippen LogP contribution is 2.38. The smallest absolute Gasteiger partial charge is 0.139 e. The van der Waals surface area contributed by atoms with Gasteiger partial charge in [0.05, 0.1) is 12.4 Å². The summed E-state index contributed by atoms with van der Waals surface area (Å²) in [7, 11) is 0. The summed E-state index contributed by atoms with van der Waals surface area (Å²) >= 11 is 0. The lowest BCUT2D eigenvalue weighted by molar-refractivity contribution is 0.130. The Morgan fingerprint density at radius 3 is 2.95 bits per heavy atom. The number of rotatable bonds is 1. The van der Waals surface area contributed by atoms with E-state index in [4.69, 9.17) is 0 Å². The number of aromatic amines is 1. The van der Waals surface area contributed by atoms with Crippen LogP contribution in [0, 0.1) is 0 Å². The maximum Gasteiger partial charge on any atom is 0.139 e. The van der Waals surface area contributed by atoms with Gasteiger partial charge in [-0.15, -0.1) is 0 Å². The van der Waals surface area contributed by atoms with Crippen LogP contribution in [-0.2, 0) is 0 Å². The van der Waals surface area contributed by atoms with Gasteiger partial charge in [-0.05, 0) is 18.9 Å². The first-order valence-corrected chi connectivity index (χ1v) is 7.48. The molecule has 0 bridgehead atoms. The Kier molecular flexibility index (Phi) is 2.89. The van der Waals surface area contributed by atoms with Crippen LogP contribution in [0.5, 0.6) is 0 Å². The number of hydrogen-bond acceptors (Lipinski definition) is 4. The molecule has 2 aromatic heterocycles. The molecule has 3 N–H and O–H groups in total. The molecule has 2 aromatic rings. The van der Waals surface area contributed by atoms with Gasteiger partial charge in [0.2, 0.25) is 0 Å². The number of nitrogens with one attached hydrogen (secondary N) is 2. The van der Waals surface area contributed by atoms with E-state index in [0.29, 0.717) is 12.7 Å². The topological polar surface area (TPSA) is 64.2 Å². The van der Waals surface area contributed by atoms with Gasteiger partial charge in [0, 0.05) is 29.4 Å². The first kappa shape index (κ1) is 12.2. The van der Waals surface area contributed by atoms with Crippen molar-refractivity contribution in [1.82, 2.24) is 15.3 Å². The normalized spacial score (nSPS) is 24.1. The third-order valence-electron chi connectivity index (χ3n) is 4.64. The molecule has 0 saturated heterocycles. The number of H-pyrrole nitrogens is 1. The van der Waals surface area contributed by atoms with Crippen molar-refractivity contribution in [3.8, 4) is 0 Å². The van der Waals surface area contributed by atoms with E-state index < -0.39 is 6.23 Å². The van der Waals surface area contributed by atoms with Crippen molar-refractivity contribution in [2.45, 2.75) is 44.4 Å². The van der Waals surface area contributed by atoms with Gasteiger partial charge >= 0.3 is 0 Å². The summed E-state index contributed by atoms with van der Waals surface area (Å²) in [5.41, 5.74) is 2.96. The SMILES string of the molecule is OC1NCN(C2CCCCC2)c2c1cnc1[nH]ccc21. The molecule has 20 heavy (non-hydrogen) atoms. The molecule has 4 rings (SSSR count). The van der Waals surface area contributed by atoms with Crippen LogP contribution in [-0.4, -0.2) is 27.8 Å². The number of anilines is 1. The first-order valence-electron chi connectivity index (χ1n) is 7.48. The number of fused-ring (bicyclic) bond motifs is 3. The van der Waals surface area contributed by atoms with Crippen molar-refractivity contribution in [3.05, 3.63) is 24.0 Å². The molecule has 1 saturated carbocycles. The summed E-state index contributed by atoms with van der Waals surface area (Å²) in [5, 5.41) is 14.5. The van der Waals surface area contributed by atoms with E-state index in [-0.39, 0.29) is 0 Å². The van der Waals surface area contributed by atoms with Crippen LogP contribution in [0.4, 0.5) is 5.69 Å². The van der Waals surface area contributed by atoms with Crippen LogP contribution < -0.4 is 10.2 Å². The number of aliphatic hydroxyl groups excluding tert-OH is 1. The molecule has 0 spiro atoms. The number of aromatic nitrogens is 2. The standard InChI is InChI=1S/C15H20N4O/c20-15-12-8-17-14-11(6-7-16-14)13(12)19(9-18-15)10-4-2-1-3-5-10/h6-8,10,15,18,20H,1-5,9H2,(H,16,17). The monoisotopic (exact) mass is 272 g/mol. The second kappa shape index (κ2) is 4.75. The average molecular weight is 272 g/mol. The summed E-state index contributed by atoms with van der Waals surface area (Å²) < 4.78 is 0.